The van der Waals surface area contributed by atoms with Gasteiger partial charge in [-0.3, -0.25) is 14.5 Å². The van der Waals surface area contributed by atoms with Gasteiger partial charge in [-0.05, 0) is 42.6 Å². The zero-order valence-corrected chi connectivity index (χ0v) is 14.8. The summed E-state index contributed by atoms with van der Waals surface area (Å²) in [5.41, 5.74) is 7.64. The summed E-state index contributed by atoms with van der Waals surface area (Å²) in [5.74, 6) is 1.08. The number of fused-ring (bicyclic) bond motifs is 1. The Bertz CT molecular complexity index is 677. The number of hydrogen-bond donors (Lipinski definition) is 1. The fourth-order valence-corrected chi connectivity index (χ4v) is 3.60. The molecule has 0 spiro atoms. The van der Waals surface area contributed by atoms with Gasteiger partial charge in [0.15, 0.2) is 11.5 Å². The highest BCUT2D eigenvalue weighted by Crippen LogP contribution is 2.33. The van der Waals surface area contributed by atoms with Gasteiger partial charge >= 0.3 is 0 Å². The second-order valence-electron chi connectivity index (χ2n) is 6.66. The van der Waals surface area contributed by atoms with Crippen molar-refractivity contribution in [2.75, 3.05) is 40.4 Å². The SMILES string of the molecule is COc1cc2c(cc1OC)CN(C(=O)CN1CCC(C(N)=O)C1)CC2. The van der Waals surface area contributed by atoms with Crippen molar-refractivity contribution in [3.63, 3.8) is 0 Å². The van der Waals surface area contributed by atoms with Crippen LogP contribution < -0.4 is 15.2 Å². The average Bonchev–Trinajstić information content (AvgIpc) is 3.08. The molecule has 136 valence electrons. The Balaban J connectivity index is 1.64. The molecule has 0 saturated carbocycles. The molecule has 2 N–H and O–H groups in total. The number of primary amides is 1. The summed E-state index contributed by atoms with van der Waals surface area (Å²) in [6.45, 7) is 2.92. The molecule has 1 atom stereocenters. The molecule has 2 aliphatic heterocycles. The molecule has 1 aromatic rings. The Morgan fingerprint density at radius 3 is 2.44 bits per heavy atom. The van der Waals surface area contributed by atoms with Gasteiger partial charge in [0.05, 0.1) is 26.7 Å². The van der Waals surface area contributed by atoms with Gasteiger partial charge in [-0.15, -0.1) is 0 Å². The molecule has 1 saturated heterocycles. The largest absolute Gasteiger partial charge is 0.493 e. The van der Waals surface area contributed by atoms with Crippen molar-refractivity contribution in [2.45, 2.75) is 19.4 Å². The van der Waals surface area contributed by atoms with Gasteiger partial charge in [-0.2, -0.15) is 0 Å². The molecule has 2 amide bonds. The maximum absolute atomic E-state index is 12.6. The first-order valence-corrected chi connectivity index (χ1v) is 8.55. The van der Waals surface area contributed by atoms with E-state index in [4.69, 9.17) is 15.2 Å². The Labute approximate surface area is 147 Å². The lowest BCUT2D eigenvalue weighted by atomic mass is 9.98. The van der Waals surface area contributed by atoms with E-state index >= 15 is 0 Å². The summed E-state index contributed by atoms with van der Waals surface area (Å²) in [7, 11) is 3.23. The first-order chi connectivity index (χ1) is 12.0. The molecule has 1 fully saturated rings. The Morgan fingerprint density at radius 2 is 1.84 bits per heavy atom. The fraction of sp³-hybridized carbons (Fsp3) is 0.556. The summed E-state index contributed by atoms with van der Waals surface area (Å²) in [5, 5.41) is 0. The van der Waals surface area contributed by atoms with Gasteiger partial charge in [0.2, 0.25) is 11.8 Å². The second kappa shape index (κ2) is 7.31. The van der Waals surface area contributed by atoms with E-state index < -0.39 is 0 Å². The highest BCUT2D eigenvalue weighted by molar-refractivity contribution is 5.80. The van der Waals surface area contributed by atoms with Crippen LogP contribution in [0.15, 0.2) is 12.1 Å². The molecule has 1 aromatic carbocycles. The predicted molar refractivity (Wildman–Crippen MR) is 92.4 cm³/mol. The molecule has 3 rings (SSSR count). The third kappa shape index (κ3) is 3.71. The molecule has 25 heavy (non-hydrogen) atoms. The summed E-state index contributed by atoms with van der Waals surface area (Å²) < 4.78 is 10.7. The molecule has 2 heterocycles. The number of benzene rings is 1. The van der Waals surface area contributed by atoms with Gasteiger partial charge in [-0.25, -0.2) is 0 Å². The van der Waals surface area contributed by atoms with Crippen molar-refractivity contribution in [3.05, 3.63) is 23.3 Å². The molecule has 0 bridgehead atoms. The molecule has 7 nitrogen and oxygen atoms in total. The fourth-order valence-electron chi connectivity index (χ4n) is 3.60. The van der Waals surface area contributed by atoms with E-state index in [9.17, 15) is 9.59 Å². The smallest absolute Gasteiger partial charge is 0.237 e. The minimum atomic E-state index is -0.275. The van der Waals surface area contributed by atoms with Crippen LogP contribution in [0.1, 0.15) is 17.5 Å². The van der Waals surface area contributed by atoms with Crippen LogP contribution in [-0.2, 0) is 22.6 Å². The van der Waals surface area contributed by atoms with E-state index in [1.165, 1.54) is 5.56 Å². The number of amides is 2. The number of likely N-dealkylation sites (tertiary alicyclic amines) is 1. The van der Waals surface area contributed by atoms with Crippen LogP contribution in [0.3, 0.4) is 0 Å². The van der Waals surface area contributed by atoms with E-state index in [-0.39, 0.29) is 17.7 Å². The Kier molecular flexibility index (Phi) is 5.13. The normalized spacial score (nSPS) is 20.2. The van der Waals surface area contributed by atoms with Crippen LogP contribution in [0.2, 0.25) is 0 Å². The topological polar surface area (TPSA) is 85.1 Å². The van der Waals surface area contributed by atoms with Crippen LogP contribution in [0, 0.1) is 5.92 Å². The van der Waals surface area contributed by atoms with Gasteiger partial charge in [0.1, 0.15) is 0 Å². The zero-order chi connectivity index (χ0) is 18.0. The first kappa shape index (κ1) is 17.5. The molecule has 0 aromatic heterocycles. The second-order valence-corrected chi connectivity index (χ2v) is 6.66. The number of carbonyl (C=O) groups excluding carboxylic acids is 2. The van der Waals surface area contributed by atoms with E-state index in [1.807, 2.05) is 21.9 Å². The van der Waals surface area contributed by atoms with Gasteiger partial charge < -0.3 is 20.1 Å². The summed E-state index contributed by atoms with van der Waals surface area (Å²) in [4.78, 5) is 27.8. The van der Waals surface area contributed by atoms with E-state index in [2.05, 4.69) is 0 Å². The molecule has 0 radical (unpaired) electrons. The van der Waals surface area contributed by atoms with Crippen LogP contribution in [0.4, 0.5) is 0 Å². The zero-order valence-electron chi connectivity index (χ0n) is 14.8. The van der Waals surface area contributed by atoms with E-state index in [0.29, 0.717) is 31.9 Å². The molecular weight excluding hydrogens is 322 g/mol. The van der Waals surface area contributed by atoms with Crippen molar-refractivity contribution in [3.8, 4) is 11.5 Å². The molecule has 0 aliphatic carbocycles. The third-order valence-corrected chi connectivity index (χ3v) is 5.10. The van der Waals surface area contributed by atoms with Gasteiger partial charge in [0.25, 0.3) is 0 Å². The monoisotopic (exact) mass is 347 g/mol. The van der Waals surface area contributed by atoms with Crippen molar-refractivity contribution in [2.24, 2.45) is 11.7 Å². The quantitative estimate of drug-likeness (QED) is 0.833. The van der Waals surface area contributed by atoms with Crippen molar-refractivity contribution in [1.82, 2.24) is 9.80 Å². The minimum Gasteiger partial charge on any atom is -0.493 e. The van der Waals surface area contributed by atoms with Crippen LogP contribution in [0.25, 0.3) is 0 Å². The van der Waals surface area contributed by atoms with E-state index in [0.717, 1.165) is 30.7 Å². The standard InChI is InChI=1S/C18H25N3O4/c1-24-15-7-12-4-6-21(10-14(12)8-16(15)25-2)17(22)11-20-5-3-13(9-20)18(19)23/h7-8,13H,3-6,9-11H2,1-2H3,(H2,19,23). The molecule has 1 unspecified atom stereocenters. The van der Waals surface area contributed by atoms with Gasteiger partial charge in [0, 0.05) is 19.6 Å². The maximum atomic E-state index is 12.6. The van der Waals surface area contributed by atoms with Crippen molar-refractivity contribution >= 4 is 11.8 Å². The third-order valence-electron chi connectivity index (χ3n) is 5.10. The number of nitrogens with two attached hydrogens (primary N) is 1. The number of ether oxygens (including phenoxy) is 2. The number of hydrogen-bond acceptors (Lipinski definition) is 5. The Hall–Kier alpha value is -2.28. The van der Waals surface area contributed by atoms with Crippen molar-refractivity contribution in [1.29, 1.82) is 0 Å². The average molecular weight is 347 g/mol. The number of carbonyl (C=O) groups is 2. The molecular formula is C18H25N3O4. The summed E-state index contributed by atoms with van der Waals surface area (Å²) in [6.07, 6.45) is 1.54. The lowest BCUT2D eigenvalue weighted by Crippen LogP contribution is -2.42. The van der Waals surface area contributed by atoms with Crippen LogP contribution in [0.5, 0.6) is 11.5 Å². The maximum Gasteiger partial charge on any atom is 0.237 e. The van der Waals surface area contributed by atoms with Crippen LogP contribution in [-0.4, -0.2) is 62.0 Å². The first-order valence-electron chi connectivity index (χ1n) is 8.55. The number of rotatable bonds is 5. The number of methoxy groups -OCH3 is 2. The highest BCUT2D eigenvalue weighted by Gasteiger charge is 2.30. The summed E-state index contributed by atoms with van der Waals surface area (Å²) >= 11 is 0. The predicted octanol–water partition coefficient (Wildman–Crippen LogP) is 0.396. The molecule has 2 aliphatic rings. The number of nitrogens with zero attached hydrogens (tertiary/aromatic N) is 2. The highest BCUT2D eigenvalue weighted by atomic mass is 16.5. The summed E-state index contributed by atoms with van der Waals surface area (Å²) in [6, 6.07) is 3.94. The molecule has 7 heteroatoms. The lowest BCUT2D eigenvalue weighted by molar-refractivity contribution is -0.133. The minimum absolute atomic E-state index is 0.0885. The van der Waals surface area contributed by atoms with E-state index in [1.54, 1.807) is 14.2 Å². The van der Waals surface area contributed by atoms with Crippen molar-refractivity contribution < 1.29 is 19.1 Å². The van der Waals surface area contributed by atoms with Crippen LogP contribution >= 0.6 is 0 Å². The Morgan fingerprint density at radius 1 is 1.16 bits per heavy atom. The lowest BCUT2D eigenvalue weighted by Gasteiger charge is -2.31. The van der Waals surface area contributed by atoms with Gasteiger partial charge in [-0.1, -0.05) is 0 Å².